The van der Waals surface area contributed by atoms with Gasteiger partial charge in [0.25, 0.3) is 0 Å². The van der Waals surface area contributed by atoms with Gasteiger partial charge in [-0.15, -0.1) is 11.3 Å². The Kier molecular flexibility index (Phi) is 5.99. The predicted octanol–water partition coefficient (Wildman–Crippen LogP) is 2.92. The minimum atomic E-state index is -0.198. The first-order valence-electron chi connectivity index (χ1n) is 10.1. The number of thiophene rings is 1. The SMILES string of the molecule is COc1ccc(C(=N)c2cc3sc(N(C)C(=O)C(C)N4CCOCC4)cc3[nH]2)c(N)c1. The second-order valence-electron chi connectivity index (χ2n) is 7.60. The van der Waals surface area contributed by atoms with Crippen LogP contribution in [0.15, 0.2) is 30.3 Å². The highest BCUT2D eigenvalue weighted by Crippen LogP contribution is 2.34. The number of aromatic amines is 1. The molecule has 0 bridgehead atoms. The van der Waals surface area contributed by atoms with Gasteiger partial charge in [0, 0.05) is 37.5 Å². The monoisotopic (exact) mass is 441 g/mol. The van der Waals surface area contributed by atoms with Crippen molar-refractivity contribution in [3.8, 4) is 5.75 Å². The number of anilines is 2. The van der Waals surface area contributed by atoms with Gasteiger partial charge in [0.15, 0.2) is 0 Å². The molecule has 1 atom stereocenters. The summed E-state index contributed by atoms with van der Waals surface area (Å²) in [6.45, 7) is 4.81. The number of benzene rings is 1. The molecule has 0 radical (unpaired) electrons. The second kappa shape index (κ2) is 8.70. The summed E-state index contributed by atoms with van der Waals surface area (Å²) >= 11 is 1.52. The fourth-order valence-corrected chi connectivity index (χ4v) is 4.78. The molecular weight excluding hydrogens is 414 g/mol. The van der Waals surface area contributed by atoms with Crippen LogP contribution in [0.4, 0.5) is 10.7 Å². The van der Waals surface area contributed by atoms with Crippen molar-refractivity contribution in [3.63, 3.8) is 0 Å². The lowest BCUT2D eigenvalue weighted by molar-refractivity contribution is -0.124. The third-order valence-electron chi connectivity index (χ3n) is 5.70. The van der Waals surface area contributed by atoms with E-state index in [0.717, 1.165) is 28.3 Å². The molecule has 0 spiro atoms. The van der Waals surface area contributed by atoms with Gasteiger partial charge in [0.05, 0.1) is 48.0 Å². The number of nitrogens with one attached hydrogen (secondary N) is 2. The molecule has 164 valence electrons. The molecule has 3 aromatic rings. The molecule has 1 aromatic carbocycles. The van der Waals surface area contributed by atoms with E-state index in [9.17, 15) is 4.79 Å². The van der Waals surface area contributed by atoms with Gasteiger partial charge >= 0.3 is 0 Å². The summed E-state index contributed by atoms with van der Waals surface area (Å²) in [4.78, 5) is 20.1. The van der Waals surface area contributed by atoms with Gasteiger partial charge in [0.1, 0.15) is 10.8 Å². The van der Waals surface area contributed by atoms with Crippen molar-refractivity contribution in [1.29, 1.82) is 5.41 Å². The van der Waals surface area contributed by atoms with Crippen LogP contribution in [0.25, 0.3) is 10.2 Å². The van der Waals surface area contributed by atoms with Crippen LogP contribution in [0, 0.1) is 5.41 Å². The molecule has 3 heterocycles. The minimum Gasteiger partial charge on any atom is -0.497 e. The number of carbonyl (C=O) groups is 1. The topological polar surface area (TPSA) is 108 Å². The summed E-state index contributed by atoms with van der Waals surface area (Å²) in [5.41, 5.74) is 9.13. The molecule has 1 unspecified atom stereocenters. The molecule has 31 heavy (non-hydrogen) atoms. The van der Waals surface area contributed by atoms with Gasteiger partial charge in [0.2, 0.25) is 5.91 Å². The molecule has 1 aliphatic heterocycles. The predicted molar refractivity (Wildman–Crippen MR) is 125 cm³/mol. The molecule has 4 N–H and O–H groups in total. The fourth-order valence-electron chi connectivity index (χ4n) is 3.76. The van der Waals surface area contributed by atoms with E-state index in [1.807, 2.05) is 26.1 Å². The average Bonchev–Trinajstić information content (AvgIpc) is 3.37. The van der Waals surface area contributed by atoms with Gasteiger partial charge < -0.3 is 25.1 Å². The van der Waals surface area contributed by atoms with Crippen LogP contribution in [0.2, 0.25) is 0 Å². The fraction of sp³-hybridized carbons (Fsp3) is 0.364. The first kappa shape index (κ1) is 21.4. The standard InChI is InChI=1S/C22H27N5O3S/c1-13(27-6-8-30-9-7-27)22(28)26(2)20-12-17-19(31-20)11-18(25-17)21(24)15-5-4-14(29-3)10-16(15)23/h4-5,10-13,24-25H,6-9,23H2,1-3H3. The molecular formula is C22H27N5O3S. The van der Waals surface area contributed by atoms with Crippen molar-refractivity contribution in [2.75, 3.05) is 51.1 Å². The second-order valence-corrected chi connectivity index (χ2v) is 8.66. The number of hydrogen-bond donors (Lipinski definition) is 3. The lowest BCUT2D eigenvalue weighted by Gasteiger charge is -2.33. The molecule has 9 heteroatoms. The third kappa shape index (κ3) is 4.16. The zero-order valence-electron chi connectivity index (χ0n) is 17.9. The summed E-state index contributed by atoms with van der Waals surface area (Å²) in [6, 6.07) is 8.98. The third-order valence-corrected chi connectivity index (χ3v) is 6.86. The maximum Gasteiger partial charge on any atom is 0.244 e. The highest BCUT2D eigenvalue weighted by Gasteiger charge is 2.27. The first-order valence-corrected chi connectivity index (χ1v) is 11.0. The number of hydrogen-bond acceptors (Lipinski definition) is 7. The lowest BCUT2D eigenvalue weighted by atomic mass is 10.1. The lowest BCUT2D eigenvalue weighted by Crippen LogP contribution is -2.50. The Morgan fingerprint density at radius 1 is 1.32 bits per heavy atom. The Labute approximate surface area is 185 Å². The van der Waals surface area contributed by atoms with Gasteiger partial charge in [-0.1, -0.05) is 0 Å². The van der Waals surface area contributed by atoms with Gasteiger partial charge in [-0.3, -0.25) is 15.1 Å². The normalized spacial score (nSPS) is 15.7. The molecule has 0 saturated carbocycles. The van der Waals surface area contributed by atoms with E-state index in [-0.39, 0.29) is 11.9 Å². The zero-order chi connectivity index (χ0) is 22.1. The number of nitrogens with zero attached hydrogens (tertiary/aromatic N) is 2. The van der Waals surface area contributed by atoms with Crippen LogP contribution >= 0.6 is 11.3 Å². The van der Waals surface area contributed by atoms with E-state index in [1.54, 1.807) is 30.2 Å². The average molecular weight is 442 g/mol. The number of likely N-dealkylation sites (N-methyl/N-ethyl adjacent to an activating group) is 1. The van der Waals surface area contributed by atoms with E-state index < -0.39 is 0 Å². The van der Waals surface area contributed by atoms with Crippen LogP contribution in [0.5, 0.6) is 5.75 Å². The molecule has 0 aliphatic carbocycles. The Balaban J connectivity index is 1.52. The van der Waals surface area contributed by atoms with Gasteiger partial charge in [-0.2, -0.15) is 0 Å². The Bertz CT molecular complexity index is 1080. The van der Waals surface area contributed by atoms with Crippen LogP contribution in [-0.4, -0.2) is 68.0 Å². The van der Waals surface area contributed by atoms with Crippen molar-refractivity contribution in [2.24, 2.45) is 0 Å². The van der Waals surface area contributed by atoms with Crippen LogP contribution in [0.1, 0.15) is 18.2 Å². The molecule has 1 amide bonds. The maximum atomic E-state index is 13.0. The van der Waals surface area contributed by atoms with Crippen LogP contribution in [-0.2, 0) is 9.53 Å². The maximum absolute atomic E-state index is 13.0. The number of morpholine rings is 1. The van der Waals surface area contributed by atoms with Crippen molar-refractivity contribution in [1.82, 2.24) is 9.88 Å². The number of aromatic nitrogens is 1. The number of amides is 1. The highest BCUT2D eigenvalue weighted by atomic mass is 32.1. The zero-order valence-corrected chi connectivity index (χ0v) is 18.7. The summed E-state index contributed by atoms with van der Waals surface area (Å²) < 4.78 is 11.6. The minimum absolute atomic E-state index is 0.0600. The number of carbonyl (C=O) groups excluding carboxylic acids is 1. The number of nitrogens with two attached hydrogens (primary N) is 1. The Morgan fingerprint density at radius 2 is 2.06 bits per heavy atom. The number of methoxy groups -OCH3 is 1. The van der Waals surface area contributed by atoms with E-state index in [0.29, 0.717) is 41.6 Å². The summed E-state index contributed by atoms with van der Waals surface area (Å²) in [7, 11) is 3.39. The number of H-pyrrole nitrogens is 1. The van der Waals surface area contributed by atoms with Crippen molar-refractivity contribution in [3.05, 3.63) is 41.6 Å². The van der Waals surface area contributed by atoms with E-state index in [2.05, 4.69) is 9.88 Å². The summed E-state index contributed by atoms with van der Waals surface area (Å²) in [5, 5.41) is 9.43. The van der Waals surface area contributed by atoms with E-state index >= 15 is 0 Å². The van der Waals surface area contributed by atoms with E-state index in [1.165, 1.54) is 11.3 Å². The highest BCUT2D eigenvalue weighted by molar-refractivity contribution is 7.23. The molecule has 2 aromatic heterocycles. The van der Waals surface area contributed by atoms with Crippen molar-refractivity contribution >= 4 is 43.9 Å². The quantitative estimate of drug-likeness (QED) is 0.403. The first-order chi connectivity index (χ1) is 14.9. The molecule has 1 saturated heterocycles. The van der Waals surface area contributed by atoms with Gasteiger partial charge in [-0.25, -0.2) is 0 Å². The number of fused-ring (bicyclic) bond motifs is 1. The Morgan fingerprint density at radius 3 is 2.71 bits per heavy atom. The van der Waals surface area contributed by atoms with Crippen LogP contribution in [0.3, 0.4) is 0 Å². The van der Waals surface area contributed by atoms with Gasteiger partial charge in [-0.05, 0) is 31.2 Å². The van der Waals surface area contributed by atoms with Crippen molar-refractivity contribution < 1.29 is 14.3 Å². The largest absolute Gasteiger partial charge is 0.497 e. The van der Waals surface area contributed by atoms with Crippen LogP contribution < -0.4 is 15.4 Å². The number of ether oxygens (including phenoxy) is 2. The smallest absolute Gasteiger partial charge is 0.244 e. The molecule has 8 nitrogen and oxygen atoms in total. The summed E-state index contributed by atoms with van der Waals surface area (Å²) in [6.07, 6.45) is 0. The number of rotatable bonds is 6. The Hall–Kier alpha value is -2.88. The molecule has 1 aliphatic rings. The van der Waals surface area contributed by atoms with Crippen molar-refractivity contribution in [2.45, 2.75) is 13.0 Å². The molecule has 4 rings (SSSR count). The summed E-state index contributed by atoms with van der Waals surface area (Å²) in [5.74, 6) is 0.718. The number of nitrogen functional groups attached to an aromatic ring is 1. The molecule has 1 fully saturated rings. The van der Waals surface area contributed by atoms with E-state index in [4.69, 9.17) is 20.6 Å².